The summed E-state index contributed by atoms with van der Waals surface area (Å²) in [6, 6.07) is 0. The molecule has 0 heterocycles. The maximum absolute atomic E-state index is 12.9. The number of hydrogen-bond donors (Lipinski definition) is 0. The average molecular weight is 1000 g/mol. The Hall–Kier alpha value is -3.41. The molecule has 0 saturated carbocycles. The lowest BCUT2D eigenvalue weighted by Gasteiger charge is -2.18. The number of carbonyl (C=O) groups is 3. The molecule has 414 valence electrons. The molecule has 0 spiro atoms. The van der Waals surface area contributed by atoms with Gasteiger partial charge in [0.2, 0.25) is 0 Å². The molecule has 0 aliphatic carbocycles. The molecule has 0 radical (unpaired) electrons. The minimum absolute atomic E-state index is 0.0829. The molecule has 0 saturated heterocycles. The molecule has 0 fully saturated rings. The largest absolute Gasteiger partial charge is 0.462 e. The summed E-state index contributed by atoms with van der Waals surface area (Å²) in [5.41, 5.74) is 0. The van der Waals surface area contributed by atoms with Crippen LogP contribution in [0.1, 0.15) is 297 Å². The summed E-state index contributed by atoms with van der Waals surface area (Å²) in [5, 5.41) is 0. The van der Waals surface area contributed by atoms with Crippen LogP contribution >= 0.6 is 0 Å². The highest BCUT2D eigenvalue weighted by Gasteiger charge is 2.19. The minimum Gasteiger partial charge on any atom is -0.462 e. The van der Waals surface area contributed by atoms with Crippen LogP contribution in [-0.2, 0) is 28.6 Å². The molecule has 1 unspecified atom stereocenters. The third-order valence-electron chi connectivity index (χ3n) is 13.1. The van der Waals surface area contributed by atoms with Crippen LogP contribution in [0.15, 0.2) is 85.1 Å². The summed E-state index contributed by atoms with van der Waals surface area (Å²) in [7, 11) is 0. The number of carbonyl (C=O) groups excluding carboxylic acids is 3. The van der Waals surface area contributed by atoms with Gasteiger partial charge in [0.15, 0.2) is 6.10 Å². The molecule has 1 atom stereocenters. The van der Waals surface area contributed by atoms with Crippen molar-refractivity contribution in [3.8, 4) is 0 Å². The predicted octanol–water partition coefficient (Wildman–Crippen LogP) is 20.7. The van der Waals surface area contributed by atoms with Gasteiger partial charge in [-0.15, -0.1) is 0 Å². The Kier molecular flexibility index (Phi) is 57.3. The van der Waals surface area contributed by atoms with Gasteiger partial charge in [0.05, 0.1) is 0 Å². The fourth-order valence-electron chi connectivity index (χ4n) is 8.56. The lowest BCUT2D eigenvalue weighted by atomic mass is 10.0. The number of esters is 3. The first-order valence-electron chi connectivity index (χ1n) is 30.6. The van der Waals surface area contributed by atoms with Gasteiger partial charge in [0.1, 0.15) is 13.2 Å². The lowest BCUT2D eigenvalue weighted by molar-refractivity contribution is -0.167. The second-order valence-corrected chi connectivity index (χ2v) is 20.2. The summed E-state index contributed by atoms with van der Waals surface area (Å²) in [4.78, 5) is 38.2. The van der Waals surface area contributed by atoms with Gasteiger partial charge >= 0.3 is 17.9 Å². The molecule has 0 aliphatic heterocycles. The van der Waals surface area contributed by atoms with E-state index in [0.717, 1.165) is 116 Å². The number of ether oxygens (including phenoxy) is 3. The van der Waals surface area contributed by atoms with Crippen LogP contribution in [0.3, 0.4) is 0 Å². The fourth-order valence-corrected chi connectivity index (χ4v) is 8.56. The van der Waals surface area contributed by atoms with Crippen LogP contribution in [0.4, 0.5) is 0 Å². The van der Waals surface area contributed by atoms with Crippen LogP contribution in [0.5, 0.6) is 0 Å². The summed E-state index contributed by atoms with van der Waals surface area (Å²) < 4.78 is 16.9. The normalized spacial score (nSPS) is 12.7. The molecule has 72 heavy (non-hydrogen) atoms. The molecule has 0 aromatic carbocycles. The first-order valence-corrected chi connectivity index (χ1v) is 30.6. The van der Waals surface area contributed by atoms with E-state index >= 15 is 0 Å². The molecule has 6 heteroatoms. The first kappa shape index (κ1) is 68.6. The average Bonchev–Trinajstić information content (AvgIpc) is 3.38. The van der Waals surface area contributed by atoms with Crippen molar-refractivity contribution >= 4 is 17.9 Å². The highest BCUT2D eigenvalue weighted by Crippen LogP contribution is 2.16. The van der Waals surface area contributed by atoms with Gasteiger partial charge in [-0.25, -0.2) is 0 Å². The number of unbranched alkanes of at least 4 members (excludes halogenated alkanes) is 30. The van der Waals surface area contributed by atoms with Crippen LogP contribution < -0.4 is 0 Å². The summed E-state index contributed by atoms with van der Waals surface area (Å²) in [5.74, 6) is -0.895. The van der Waals surface area contributed by atoms with E-state index in [-0.39, 0.29) is 31.1 Å². The van der Waals surface area contributed by atoms with E-state index in [4.69, 9.17) is 14.2 Å². The predicted molar refractivity (Wildman–Crippen MR) is 311 cm³/mol. The van der Waals surface area contributed by atoms with Gasteiger partial charge in [0.25, 0.3) is 0 Å². The second kappa shape index (κ2) is 60.1. The Labute approximate surface area is 445 Å². The zero-order valence-corrected chi connectivity index (χ0v) is 47.4. The number of rotatable bonds is 55. The maximum Gasteiger partial charge on any atom is 0.306 e. The molecular formula is C66H114O6. The van der Waals surface area contributed by atoms with Crippen molar-refractivity contribution in [2.75, 3.05) is 13.2 Å². The topological polar surface area (TPSA) is 78.9 Å². The van der Waals surface area contributed by atoms with Crippen LogP contribution in [-0.4, -0.2) is 37.2 Å². The number of hydrogen-bond acceptors (Lipinski definition) is 6. The van der Waals surface area contributed by atoms with Crippen molar-refractivity contribution in [3.05, 3.63) is 85.1 Å². The van der Waals surface area contributed by atoms with Crippen molar-refractivity contribution in [1.82, 2.24) is 0 Å². The van der Waals surface area contributed by atoms with E-state index in [2.05, 4.69) is 106 Å². The highest BCUT2D eigenvalue weighted by molar-refractivity contribution is 5.71. The zero-order chi connectivity index (χ0) is 52.2. The quantitative estimate of drug-likeness (QED) is 0.0261. The molecular weight excluding hydrogens is 889 g/mol. The van der Waals surface area contributed by atoms with Gasteiger partial charge in [-0.1, -0.05) is 266 Å². The van der Waals surface area contributed by atoms with Gasteiger partial charge < -0.3 is 14.2 Å². The van der Waals surface area contributed by atoms with Crippen molar-refractivity contribution in [3.63, 3.8) is 0 Å². The van der Waals surface area contributed by atoms with E-state index < -0.39 is 6.10 Å². The second-order valence-electron chi connectivity index (χ2n) is 20.2. The highest BCUT2D eigenvalue weighted by atomic mass is 16.6. The van der Waals surface area contributed by atoms with E-state index in [0.29, 0.717) is 19.3 Å². The van der Waals surface area contributed by atoms with Gasteiger partial charge in [0, 0.05) is 19.3 Å². The minimum atomic E-state index is -0.787. The van der Waals surface area contributed by atoms with Crippen molar-refractivity contribution < 1.29 is 28.6 Å². The Morgan fingerprint density at radius 2 is 0.542 bits per heavy atom. The van der Waals surface area contributed by atoms with E-state index in [1.165, 1.54) is 141 Å². The monoisotopic (exact) mass is 1000 g/mol. The number of allylic oxidation sites excluding steroid dienone is 14. The van der Waals surface area contributed by atoms with Crippen molar-refractivity contribution in [1.29, 1.82) is 0 Å². The molecule has 0 aliphatic rings. The molecule has 0 bridgehead atoms. The molecule has 6 nitrogen and oxygen atoms in total. The van der Waals surface area contributed by atoms with Crippen LogP contribution in [0.25, 0.3) is 0 Å². The van der Waals surface area contributed by atoms with Crippen molar-refractivity contribution in [2.24, 2.45) is 0 Å². The Morgan fingerprint density at radius 3 is 0.847 bits per heavy atom. The Bertz CT molecular complexity index is 1380. The van der Waals surface area contributed by atoms with Gasteiger partial charge in [-0.3, -0.25) is 14.4 Å². The van der Waals surface area contributed by atoms with Crippen LogP contribution in [0, 0.1) is 0 Å². The smallest absolute Gasteiger partial charge is 0.306 e. The molecule has 0 rings (SSSR count). The van der Waals surface area contributed by atoms with E-state index in [9.17, 15) is 14.4 Å². The van der Waals surface area contributed by atoms with Crippen molar-refractivity contribution in [2.45, 2.75) is 303 Å². The summed E-state index contributed by atoms with van der Waals surface area (Å²) in [6.45, 7) is 6.52. The van der Waals surface area contributed by atoms with E-state index in [1.54, 1.807) is 0 Å². The summed E-state index contributed by atoms with van der Waals surface area (Å²) in [6.07, 6.45) is 78.6. The van der Waals surface area contributed by atoms with Gasteiger partial charge in [-0.05, 0) is 96.3 Å². The molecule has 0 aromatic rings. The van der Waals surface area contributed by atoms with Crippen LogP contribution in [0.2, 0.25) is 0 Å². The standard InChI is InChI=1S/C66H114O6/c1-4-7-10-13-16-19-22-25-27-29-31-32-33-34-36-37-39-41-44-47-50-53-56-59-65(68)71-62-63(61-70-64(67)58-55-52-49-46-43-24-21-18-15-12-9-6-3)72-66(69)60-57-54-51-48-45-42-40-38-35-30-28-26-23-20-17-14-11-8-5-2/h8,11,17,20,22,25-26,28-29,31,33-35,38,63H,4-7,9-10,12-16,18-19,21,23-24,27,30,32,36-37,39-62H2,1-3H3/b11-8-,20-17-,25-22-,28-26-,31-29-,34-33-,38-35-. The fraction of sp³-hybridized carbons (Fsp3) is 0.742. The maximum atomic E-state index is 12.9. The third-order valence-corrected chi connectivity index (χ3v) is 13.1. The SMILES string of the molecule is CC/C=C\C/C=C\C/C=C\C/C=C\CCCCCCCCC(=O)OC(COC(=O)CCCCCCCCCC/C=C\C/C=C\C/C=C\CCCCCCC)COC(=O)CCCCCCCCCCCCCC. The van der Waals surface area contributed by atoms with Gasteiger partial charge in [-0.2, -0.15) is 0 Å². The summed E-state index contributed by atoms with van der Waals surface area (Å²) >= 11 is 0. The Morgan fingerprint density at radius 1 is 0.292 bits per heavy atom. The van der Waals surface area contributed by atoms with E-state index in [1.807, 2.05) is 0 Å². The molecule has 0 aromatic heterocycles. The molecule has 0 amide bonds. The lowest BCUT2D eigenvalue weighted by Crippen LogP contribution is -2.30. The first-order chi connectivity index (χ1) is 35.5. The third kappa shape index (κ3) is 57.5. The zero-order valence-electron chi connectivity index (χ0n) is 47.4. The Balaban J connectivity index is 4.36. The molecule has 0 N–H and O–H groups in total.